The zero-order valence-corrected chi connectivity index (χ0v) is 31.3. The number of phosphoric acid groups is 1. The van der Waals surface area contributed by atoms with Crippen LogP contribution in [0.15, 0.2) is 60.8 Å². The van der Waals surface area contributed by atoms with Gasteiger partial charge in [0.2, 0.25) is 0 Å². The van der Waals surface area contributed by atoms with Crippen LogP contribution in [0.5, 0.6) is 0 Å². The topological polar surface area (TPSA) is 180 Å². The Kier molecular flexibility index (Phi) is 31.0. The molecule has 0 aliphatic rings. The summed E-state index contributed by atoms with van der Waals surface area (Å²) in [4.78, 5) is 42.7. The lowest BCUT2D eigenvalue weighted by Crippen LogP contribution is -2.29. The molecule has 0 heterocycles. The summed E-state index contributed by atoms with van der Waals surface area (Å²) in [5.41, 5.74) is 0. The Balaban J connectivity index is 4.38. The number of allylic oxidation sites excluding steroid dienone is 7. The molecule has 0 spiro atoms. The molecule has 5 N–H and O–H groups in total. The van der Waals surface area contributed by atoms with Gasteiger partial charge in [-0.15, -0.1) is 0 Å². The number of ether oxygens (including phenoxy) is 2. The fourth-order valence-electron chi connectivity index (χ4n) is 4.77. The lowest BCUT2D eigenvalue weighted by atomic mass is 10.0. The highest BCUT2D eigenvalue weighted by atomic mass is 31.2. The molecular weight excluding hydrogens is 663 g/mol. The summed E-state index contributed by atoms with van der Waals surface area (Å²) < 4.78 is 26.1. The van der Waals surface area contributed by atoms with Crippen molar-refractivity contribution in [1.82, 2.24) is 0 Å². The number of unbranched alkanes of at least 4 members (excludes halogenated alkanes) is 11. The van der Waals surface area contributed by atoms with Crippen molar-refractivity contribution >= 4 is 19.8 Å². The van der Waals surface area contributed by atoms with E-state index in [0.29, 0.717) is 12.8 Å². The normalized spacial score (nSPS) is 15.1. The van der Waals surface area contributed by atoms with Crippen molar-refractivity contribution in [1.29, 1.82) is 0 Å². The van der Waals surface area contributed by atoms with Crippen molar-refractivity contribution in [2.24, 2.45) is 0 Å². The van der Waals surface area contributed by atoms with Gasteiger partial charge in [-0.25, -0.2) is 4.57 Å². The molecule has 0 saturated carbocycles. The summed E-state index contributed by atoms with van der Waals surface area (Å²) in [6.45, 7) is 3.18. The Morgan fingerprint density at radius 3 is 1.78 bits per heavy atom. The van der Waals surface area contributed by atoms with Crippen LogP contribution in [0, 0.1) is 0 Å². The summed E-state index contributed by atoms with van der Waals surface area (Å²) in [7, 11) is -4.85. The molecule has 0 unspecified atom stereocenters. The van der Waals surface area contributed by atoms with E-state index in [-0.39, 0.29) is 25.7 Å². The van der Waals surface area contributed by atoms with E-state index in [1.54, 1.807) is 42.5 Å². The minimum absolute atomic E-state index is 0.0858. The minimum Gasteiger partial charge on any atom is -0.462 e. The standard InChI is InChI=1S/C38H65O11P/c1-3-5-7-8-9-10-11-12-13-14-19-23-29-37(42)47-31-34(32-48-50(44,45)46)49-38(43)30-24-28-36(41)35(40)27-22-18-16-15-17-21-26-33(39)25-20-6-4-2/h6,15-18,20-22,26-27,33-36,39-41H,3-5,7-14,19,23-25,28-32H2,1-2H3,(H2,44,45,46)/b17-15+,18-16-,20-6-,26-21+,27-22-/t33-,34+,35+,36+/m0/s1. The first-order valence-corrected chi connectivity index (χ1v) is 19.9. The van der Waals surface area contributed by atoms with Gasteiger partial charge in [0.25, 0.3) is 0 Å². The van der Waals surface area contributed by atoms with Crippen LogP contribution in [0.25, 0.3) is 0 Å². The second-order valence-corrected chi connectivity index (χ2v) is 13.6. The van der Waals surface area contributed by atoms with E-state index in [0.717, 1.165) is 25.7 Å². The van der Waals surface area contributed by atoms with Crippen LogP contribution in [-0.4, -0.2) is 74.7 Å². The van der Waals surface area contributed by atoms with Gasteiger partial charge in [0.15, 0.2) is 6.10 Å². The Morgan fingerprint density at radius 1 is 0.660 bits per heavy atom. The van der Waals surface area contributed by atoms with Gasteiger partial charge in [0, 0.05) is 12.8 Å². The Bertz CT molecular complexity index is 1050. The van der Waals surface area contributed by atoms with E-state index in [9.17, 15) is 29.5 Å². The first-order valence-electron chi connectivity index (χ1n) is 18.4. The van der Waals surface area contributed by atoms with Crippen LogP contribution in [0.3, 0.4) is 0 Å². The van der Waals surface area contributed by atoms with Gasteiger partial charge in [-0.05, 0) is 32.1 Å². The van der Waals surface area contributed by atoms with Crippen molar-refractivity contribution < 1.29 is 53.3 Å². The molecule has 0 radical (unpaired) electrons. The quantitative estimate of drug-likeness (QED) is 0.0152. The van der Waals surface area contributed by atoms with Gasteiger partial charge >= 0.3 is 19.8 Å². The van der Waals surface area contributed by atoms with E-state index >= 15 is 0 Å². The molecule has 0 aromatic heterocycles. The highest BCUT2D eigenvalue weighted by Crippen LogP contribution is 2.36. The smallest absolute Gasteiger partial charge is 0.462 e. The third-order valence-electron chi connectivity index (χ3n) is 7.64. The molecule has 0 aliphatic carbocycles. The number of aliphatic hydroxyl groups is 3. The lowest BCUT2D eigenvalue weighted by Gasteiger charge is -2.19. The average Bonchev–Trinajstić information content (AvgIpc) is 3.07. The zero-order valence-electron chi connectivity index (χ0n) is 30.4. The van der Waals surface area contributed by atoms with E-state index in [4.69, 9.17) is 19.3 Å². The van der Waals surface area contributed by atoms with E-state index in [2.05, 4.69) is 11.4 Å². The van der Waals surface area contributed by atoms with Crippen LogP contribution >= 0.6 is 7.82 Å². The van der Waals surface area contributed by atoms with Gasteiger partial charge in [-0.1, -0.05) is 145 Å². The number of carbonyl (C=O) groups is 2. The molecule has 0 fully saturated rings. The number of hydrogen-bond acceptors (Lipinski definition) is 9. The van der Waals surface area contributed by atoms with E-state index in [1.807, 2.05) is 19.1 Å². The molecule has 288 valence electrons. The highest BCUT2D eigenvalue weighted by Gasteiger charge is 2.23. The van der Waals surface area contributed by atoms with Crippen molar-refractivity contribution in [3.05, 3.63) is 60.8 Å². The summed E-state index contributed by atoms with van der Waals surface area (Å²) >= 11 is 0. The summed E-state index contributed by atoms with van der Waals surface area (Å²) in [5.74, 6) is -1.22. The molecule has 4 atom stereocenters. The maximum absolute atomic E-state index is 12.4. The van der Waals surface area contributed by atoms with Crippen LogP contribution in [0.2, 0.25) is 0 Å². The van der Waals surface area contributed by atoms with E-state index < -0.39 is 57.4 Å². The fraction of sp³-hybridized carbons (Fsp3) is 0.684. The zero-order chi connectivity index (χ0) is 37.3. The second kappa shape index (κ2) is 32.5. The van der Waals surface area contributed by atoms with Crippen molar-refractivity contribution in [3.8, 4) is 0 Å². The first kappa shape index (κ1) is 47.6. The van der Waals surface area contributed by atoms with Gasteiger partial charge in [0.1, 0.15) is 6.61 Å². The average molecular weight is 729 g/mol. The molecule has 0 aromatic carbocycles. The molecule has 0 aliphatic heterocycles. The third kappa shape index (κ3) is 32.8. The van der Waals surface area contributed by atoms with Crippen LogP contribution in [0.4, 0.5) is 0 Å². The molecule has 0 saturated heterocycles. The number of aliphatic hydroxyl groups excluding tert-OH is 3. The van der Waals surface area contributed by atoms with Crippen LogP contribution in [0.1, 0.15) is 129 Å². The van der Waals surface area contributed by atoms with Gasteiger partial charge in [-0.2, -0.15) is 0 Å². The number of esters is 2. The molecule has 0 bridgehead atoms. The Morgan fingerprint density at radius 2 is 1.20 bits per heavy atom. The monoisotopic (exact) mass is 728 g/mol. The summed E-state index contributed by atoms with van der Waals surface area (Å²) in [6, 6.07) is 0. The molecule has 0 rings (SSSR count). The maximum Gasteiger partial charge on any atom is 0.469 e. The molecular formula is C38H65O11P. The van der Waals surface area contributed by atoms with Gasteiger partial charge in [-0.3, -0.25) is 14.1 Å². The van der Waals surface area contributed by atoms with Crippen LogP contribution in [-0.2, 0) is 28.2 Å². The minimum atomic E-state index is -4.85. The Hall–Kier alpha value is -2.37. The molecule has 12 heteroatoms. The first-order chi connectivity index (χ1) is 24.0. The SMILES string of the molecule is CC/C=C\C[C@H](O)/C=C/C=C/C=C\C=C/[C@@H](O)[C@H](O)CCCC(=O)O[C@H](COC(=O)CCCCCCCCCCCCCC)COP(=O)(O)O. The highest BCUT2D eigenvalue weighted by molar-refractivity contribution is 7.46. The molecule has 11 nitrogen and oxygen atoms in total. The van der Waals surface area contributed by atoms with Crippen molar-refractivity contribution in [2.75, 3.05) is 13.2 Å². The second-order valence-electron chi connectivity index (χ2n) is 12.4. The van der Waals surface area contributed by atoms with Gasteiger partial charge < -0.3 is 34.6 Å². The number of phosphoric ester groups is 1. The number of carbonyl (C=O) groups excluding carboxylic acids is 2. The molecule has 50 heavy (non-hydrogen) atoms. The maximum atomic E-state index is 12.4. The molecule has 0 amide bonds. The van der Waals surface area contributed by atoms with Crippen molar-refractivity contribution in [2.45, 2.75) is 154 Å². The predicted octanol–water partition coefficient (Wildman–Crippen LogP) is 7.48. The van der Waals surface area contributed by atoms with Crippen molar-refractivity contribution in [3.63, 3.8) is 0 Å². The summed E-state index contributed by atoms with van der Waals surface area (Å²) in [5, 5.41) is 30.2. The largest absolute Gasteiger partial charge is 0.469 e. The molecule has 0 aromatic rings. The number of rotatable bonds is 32. The third-order valence-corrected chi connectivity index (χ3v) is 8.13. The fourth-order valence-corrected chi connectivity index (χ4v) is 5.13. The van der Waals surface area contributed by atoms with E-state index in [1.165, 1.54) is 57.4 Å². The lowest BCUT2D eigenvalue weighted by molar-refractivity contribution is -0.161. The van der Waals surface area contributed by atoms with Gasteiger partial charge in [0.05, 0.1) is 24.9 Å². The summed E-state index contributed by atoms with van der Waals surface area (Å²) in [6.07, 6.45) is 28.9. The Labute approximate surface area is 300 Å². The van der Waals surface area contributed by atoms with Crippen LogP contribution < -0.4 is 0 Å². The predicted molar refractivity (Wildman–Crippen MR) is 197 cm³/mol. The number of hydrogen-bond donors (Lipinski definition) is 5.